The lowest BCUT2D eigenvalue weighted by molar-refractivity contribution is -0.108. The Labute approximate surface area is 76.6 Å². The van der Waals surface area contributed by atoms with Gasteiger partial charge in [-0.1, -0.05) is 6.92 Å². The molecule has 0 heterocycles. The largest absolute Gasteiger partial charge is 0.508 e. The molecule has 0 aromatic heterocycles. The molecule has 1 aromatic rings. The van der Waals surface area contributed by atoms with Crippen LogP contribution in [-0.2, 0) is 4.79 Å². The highest BCUT2D eigenvalue weighted by molar-refractivity contribution is 7.80. The molecule has 0 aliphatic rings. The Morgan fingerprint density at radius 1 is 1.50 bits per heavy atom. The topological polar surface area (TPSA) is 37.3 Å². The van der Waals surface area contributed by atoms with E-state index in [-0.39, 0.29) is 11.7 Å². The number of phenolic OH excluding ortho intramolecular Hbond substituents is 1. The number of thiol groups is 1. The van der Waals surface area contributed by atoms with Gasteiger partial charge >= 0.3 is 0 Å². The van der Waals surface area contributed by atoms with Crippen molar-refractivity contribution < 1.29 is 9.90 Å². The zero-order chi connectivity index (χ0) is 9.14. The first kappa shape index (κ1) is 9.13. The van der Waals surface area contributed by atoms with E-state index in [0.717, 1.165) is 11.8 Å². The van der Waals surface area contributed by atoms with Gasteiger partial charge in [-0.15, -0.1) is 12.6 Å². The fraction of sp³-hybridized carbons (Fsp3) is 0.222. The van der Waals surface area contributed by atoms with Crippen molar-refractivity contribution in [2.24, 2.45) is 0 Å². The van der Waals surface area contributed by atoms with E-state index in [1.807, 2.05) is 0 Å². The molecule has 0 spiro atoms. The van der Waals surface area contributed by atoms with Crippen molar-refractivity contribution in [2.45, 2.75) is 17.7 Å². The van der Waals surface area contributed by atoms with Crippen LogP contribution in [0.5, 0.6) is 5.75 Å². The third-order valence-electron chi connectivity index (χ3n) is 1.65. The minimum Gasteiger partial charge on any atom is -0.508 e. The zero-order valence-electron chi connectivity index (χ0n) is 6.69. The minimum absolute atomic E-state index is 0.145. The average Bonchev–Trinajstić information content (AvgIpc) is 2.01. The van der Waals surface area contributed by atoms with E-state index in [0.29, 0.717) is 4.90 Å². The van der Waals surface area contributed by atoms with Gasteiger partial charge in [0.1, 0.15) is 12.0 Å². The first-order valence-corrected chi connectivity index (χ1v) is 4.06. The highest BCUT2D eigenvalue weighted by Gasteiger charge is 2.05. The van der Waals surface area contributed by atoms with E-state index in [1.54, 1.807) is 19.1 Å². The maximum absolute atomic E-state index is 10.4. The molecule has 0 aliphatic heterocycles. The Bertz CT molecular complexity index is 276. The summed E-state index contributed by atoms with van der Waals surface area (Å²) in [5.41, 5.74) is 0.787. The SMILES string of the molecule is CC(C=O)c1cc(O)cc(S)c1. The van der Waals surface area contributed by atoms with Crippen LogP contribution in [-0.4, -0.2) is 11.4 Å². The number of rotatable bonds is 2. The molecule has 3 heteroatoms. The highest BCUT2D eigenvalue weighted by Crippen LogP contribution is 2.22. The lowest BCUT2D eigenvalue weighted by Crippen LogP contribution is -1.93. The second-order valence-corrected chi connectivity index (χ2v) is 3.22. The summed E-state index contributed by atoms with van der Waals surface area (Å²) in [5, 5.41) is 9.17. The standard InChI is InChI=1S/C9H10O2S/c1-6(5-10)7-2-8(11)4-9(12)3-7/h2-6,11-12H,1H3. The third kappa shape index (κ3) is 2.01. The summed E-state index contributed by atoms with van der Waals surface area (Å²) in [6.45, 7) is 1.77. The van der Waals surface area contributed by atoms with Crippen LogP contribution in [0.1, 0.15) is 18.4 Å². The molecule has 0 bridgehead atoms. The summed E-state index contributed by atoms with van der Waals surface area (Å²) in [7, 11) is 0. The number of phenols is 1. The third-order valence-corrected chi connectivity index (χ3v) is 1.91. The molecule has 0 amide bonds. The number of hydrogen-bond acceptors (Lipinski definition) is 3. The number of aldehydes is 1. The molecule has 0 fully saturated rings. The Morgan fingerprint density at radius 3 is 2.67 bits per heavy atom. The van der Waals surface area contributed by atoms with Gasteiger partial charge in [-0.3, -0.25) is 0 Å². The van der Waals surface area contributed by atoms with Gasteiger partial charge in [-0.05, 0) is 23.8 Å². The molecule has 2 nitrogen and oxygen atoms in total. The summed E-state index contributed by atoms with van der Waals surface area (Å²) < 4.78 is 0. The van der Waals surface area contributed by atoms with Crippen molar-refractivity contribution in [3.63, 3.8) is 0 Å². The second kappa shape index (κ2) is 3.63. The molecule has 1 rings (SSSR count). The fourth-order valence-electron chi connectivity index (χ4n) is 0.959. The lowest BCUT2D eigenvalue weighted by Gasteiger charge is -2.05. The molecule has 1 aromatic carbocycles. The van der Waals surface area contributed by atoms with Gasteiger partial charge in [0.05, 0.1) is 0 Å². The molecule has 12 heavy (non-hydrogen) atoms. The molecule has 1 N–H and O–H groups in total. The number of carbonyl (C=O) groups excluding carboxylic acids is 1. The first-order chi connectivity index (χ1) is 5.63. The summed E-state index contributed by atoms with van der Waals surface area (Å²) in [4.78, 5) is 11.1. The summed E-state index contributed by atoms with van der Waals surface area (Å²) in [6.07, 6.45) is 0.835. The maximum Gasteiger partial charge on any atom is 0.127 e. The lowest BCUT2D eigenvalue weighted by atomic mass is 10.0. The zero-order valence-corrected chi connectivity index (χ0v) is 7.58. The molecule has 64 valence electrons. The number of benzene rings is 1. The van der Waals surface area contributed by atoms with Crippen LogP contribution in [0.25, 0.3) is 0 Å². The van der Waals surface area contributed by atoms with E-state index < -0.39 is 0 Å². The fourth-order valence-corrected chi connectivity index (χ4v) is 1.24. The van der Waals surface area contributed by atoms with E-state index in [9.17, 15) is 9.90 Å². The first-order valence-electron chi connectivity index (χ1n) is 3.61. The smallest absolute Gasteiger partial charge is 0.127 e. The van der Waals surface area contributed by atoms with Crippen molar-refractivity contribution in [1.29, 1.82) is 0 Å². The van der Waals surface area contributed by atoms with Crippen molar-refractivity contribution >= 4 is 18.9 Å². The summed E-state index contributed by atoms with van der Waals surface area (Å²) >= 11 is 4.08. The number of carbonyl (C=O) groups is 1. The van der Waals surface area contributed by atoms with Crippen LogP contribution in [0.3, 0.4) is 0 Å². The van der Waals surface area contributed by atoms with Crippen LogP contribution < -0.4 is 0 Å². The molecule has 0 aliphatic carbocycles. The molecule has 1 unspecified atom stereocenters. The van der Waals surface area contributed by atoms with Gasteiger partial charge < -0.3 is 9.90 Å². The Hall–Kier alpha value is -0.960. The summed E-state index contributed by atoms with van der Waals surface area (Å²) in [5.74, 6) is -0.0470. The highest BCUT2D eigenvalue weighted by atomic mass is 32.1. The monoisotopic (exact) mass is 182 g/mol. The van der Waals surface area contributed by atoms with Crippen molar-refractivity contribution in [3.05, 3.63) is 23.8 Å². The van der Waals surface area contributed by atoms with Crippen molar-refractivity contribution in [2.75, 3.05) is 0 Å². The van der Waals surface area contributed by atoms with E-state index in [4.69, 9.17) is 0 Å². The minimum atomic E-state index is -0.192. The Kier molecular flexibility index (Phi) is 2.76. The van der Waals surface area contributed by atoms with Gasteiger partial charge in [0.2, 0.25) is 0 Å². The Balaban J connectivity index is 3.08. The van der Waals surface area contributed by atoms with Crippen molar-refractivity contribution in [1.82, 2.24) is 0 Å². The molecule has 0 radical (unpaired) electrons. The van der Waals surface area contributed by atoms with Crippen LogP contribution in [0.4, 0.5) is 0 Å². The van der Waals surface area contributed by atoms with Gasteiger partial charge in [-0.25, -0.2) is 0 Å². The van der Waals surface area contributed by atoms with Crippen molar-refractivity contribution in [3.8, 4) is 5.75 Å². The van der Waals surface area contributed by atoms with E-state index >= 15 is 0 Å². The molecular formula is C9H10O2S. The van der Waals surface area contributed by atoms with Gasteiger partial charge in [0.25, 0.3) is 0 Å². The number of hydrogen-bond donors (Lipinski definition) is 2. The maximum atomic E-state index is 10.4. The second-order valence-electron chi connectivity index (χ2n) is 2.71. The summed E-state index contributed by atoms with van der Waals surface area (Å²) in [6, 6.07) is 4.87. The van der Waals surface area contributed by atoms with Crippen LogP contribution in [0.15, 0.2) is 23.1 Å². The normalized spacial score (nSPS) is 12.5. The van der Waals surface area contributed by atoms with Gasteiger partial charge in [0, 0.05) is 10.8 Å². The quantitative estimate of drug-likeness (QED) is 0.542. The molecule has 0 saturated carbocycles. The van der Waals surface area contributed by atoms with Gasteiger partial charge in [0.15, 0.2) is 0 Å². The van der Waals surface area contributed by atoms with Crippen LogP contribution >= 0.6 is 12.6 Å². The van der Waals surface area contributed by atoms with E-state index in [1.165, 1.54) is 6.07 Å². The van der Waals surface area contributed by atoms with E-state index in [2.05, 4.69) is 12.6 Å². The Morgan fingerprint density at radius 2 is 2.17 bits per heavy atom. The predicted octanol–water partition coefficient (Wildman–Crippen LogP) is 1.98. The molecule has 1 atom stereocenters. The van der Waals surface area contributed by atoms with Crippen LogP contribution in [0.2, 0.25) is 0 Å². The average molecular weight is 182 g/mol. The predicted molar refractivity (Wildman–Crippen MR) is 49.8 cm³/mol. The molecular weight excluding hydrogens is 172 g/mol. The molecule has 0 saturated heterocycles. The van der Waals surface area contributed by atoms with Gasteiger partial charge in [-0.2, -0.15) is 0 Å². The number of aromatic hydroxyl groups is 1. The van der Waals surface area contributed by atoms with Crippen LogP contribution in [0, 0.1) is 0 Å².